The van der Waals surface area contributed by atoms with Crippen molar-refractivity contribution in [3.05, 3.63) is 35.4 Å². The Balaban J connectivity index is 1.94. The van der Waals surface area contributed by atoms with Crippen molar-refractivity contribution in [3.63, 3.8) is 0 Å². The Morgan fingerprint density at radius 3 is 2.95 bits per heavy atom. The summed E-state index contributed by atoms with van der Waals surface area (Å²) in [6.07, 6.45) is 2.90. The molecule has 3 heteroatoms. The fourth-order valence-corrected chi connectivity index (χ4v) is 2.83. The molecule has 1 amide bonds. The first kappa shape index (κ1) is 14.1. The molecule has 104 valence electrons. The highest BCUT2D eigenvalue weighted by molar-refractivity contribution is 5.79. The molecule has 1 aromatic carbocycles. The minimum absolute atomic E-state index is 0.273. The molecule has 0 bridgehead atoms. The molecule has 1 heterocycles. The van der Waals surface area contributed by atoms with Gasteiger partial charge in [-0.15, -0.1) is 0 Å². The molecule has 19 heavy (non-hydrogen) atoms. The maximum atomic E-state index is 12.4. The number of nitrogens with one attached hydrogen (secondary N) is 1. The van der Waals surface area contributed by atoms with Crippen LogP contribution in [0.5, 0.6) is 0 Å². The quantitative estimate of drug-likeness (QED) is 0.898. The van der Waals surface area contributed by atoms with Crippen molar-refractivity contribution in [2.24, 2.45) is 5.92 Å². The van der Waals surface area contributed by atoms with E-state index >= 15 is 0 Å². The Bertz CT molecular complexity index is 429. The van der Waals surface area contributed by atoms with Crippen LogP contribution in [0.25, 0.3) is 0 Å². The van der Waals surface area contributed by atoms with Gasteiger partial charge in [-0.25, -0.2) is 0 Å². The molecule has 1 aromatic rings. The number of amides is 1. The van der Waals surface area contributed by atoms with Gasteiger partial charge in [0.1, 0.15) is 0 Å². The summed E-state index contributed by atoms with van der Waals surface area (Å²) < 4.78 is 0. The van der Waals surface area contributed by atoms with Crippen LogP contribution in [0.2, 0.25) is 0 Å². The molecule has 0 radical (unpaired) electrons. The third-order valence-electron chi connectivity index (χ3n) is 3.97. The number of hydrogen-bond donors (Lipinski definition) is 1. The molecule has 1 aliphatic rings. The van der Waals surface area contributed by atoms with E-state index in [1.165, 1.54) is 12.0 Å². The molecular weight excluding hydrogens is 236 g/mol. The van der Waals surface area contributed by atoms with Crippen LogP contribution in [0.3, 0.4) is 0 Å². The van der Waals surface area contributed by atoms with Crippen LogP contribution in [0, 0.1) is 12.8 Å². The molecule has 1 unspecified atom stereocenters. The lowest BCUT2D eigenvalue weighted by molar-refractivity contribution is -0.132. The minimum Gasteiger partial charge on any atom is -0.342 e. The lowest BCUT2D eigenvalue weighted by Crippen LogP contribution is -2.43. The smallest absolute Gasteiger partial charge is 0.227 e. The summed E-state index contributed by atoms with van der Waals surface area (Å²) >= 11 is 0. The molecule has 0 spiro atoms. The van der Waals surface area contributed by atoms with Crippen LogP contribution >= 0.6 is 0 Å². The maximum Gasteiger partial charge on any atom is 0.227 e. The number of likely N-dealkylation sites (tertiary alicyclic amines) is 1. The van der Waals surface area contributed by atoms with Gasteiger partial charge in [0.15, 0.2) is 0 Å². The van der Waals surface area contributed by atoms with Crippen LogP contribution in [0.4, 0.5) is 0 Å². The van der Waals surface area contributed by atoms with E-state index in [-0.39, 0.29) is 5.91 Å². The number of carbonyl (C=O) groups excluding carboxylic acids is 1. The van der Waals surface area contributed by atoms with E-state index in [9.17, 15) is 4.79 Å². The van der Waals surface area contributed by atoms with Gasteiger partial charge in [0.2, 0.25) is 5.91 Å². The Labute approximate surface area is 116 Å². The fraction of sp³-hybridized carbons (Fsp3) is 0.562. The second kappa shape index (κ2) is 6.71. The van der Waals surface area contributed by atoms with Gasteiger partial charge in [-0.2, -0.15) is 0 Å². The van der Waals surface area contributed by atoms with Gasteiger partial charge in [-0.1, -0.05) is 24.3 Å². The first-order valence-electron chi connectivity index (χ1n) is 7.17. The average molecular weight is 260 g/mol. The van der Waals surface area contributed by atoms with E-state index in [1.807, 2.05) is 24.1 Å². The van der Waals surface area contributed by atoms with Gasteiger partial charge in [-0.05, 0) is 50.4 Å². The summed E-state index contributed by atoms with van der Waals surface area (Å²) in [6, 6.07) is 8.16. The number of nitrogens with zero attached hydrogens (tertiary/aromatic N) is 1. The molecule has 3 nitrogen and oxygen atoms in total. The predicted molar refractivity (Wildman–Crippen MR) is 78.1 cm³/mol. The molecule has 0 saturated carbocycles. The van der Waals surface area contributed by atoms with E-state index in [1.54, 1.807) is 0 Å². The van der Waals surface area contributed by atoms with Crippen molar-refractivity contribution in [1.29, 1.82) is 0 Å². The summed E-state index contributed by atoms with van der Waals surface area (Å²) in [6.45, 7) is 4.91. The van der Waals surface area contributed by atoms with E-state index in [4.69, 9.17) is 0 Å². The molecule has 1 N–H and O–H groups in total. The lowest BCUT2D eigenvalue weighted by Gasteiger charge is -2.33. The van der Waals surface area contributed by atoms with Crippen LogP contribution in [-0.2, 0) is 11.2 Å². The molecule has 0 aromatic heterocycles. The van der Waals surface area contributed by atoms with Gasteiger partial charge in [-0.3, -0.25) is 4.79 Å². The van der Waals surface area contributed by atoms with Crippen LogP contribution < -0.4 is 5.32 Å². The Hall–Kier alpha value is -1.35. The maximum absolute atomic E-state index is 12.4. The summed E-state index contributed by atoms with van der Waals surface area (Å²) in [5.41, 5.74) is 2.36. The van der Waals surface area contributed by atoms with Gasteiger partial charge >= 0.3 is 0 Å². The Kier molecular flexibility index (Phi) is 4.97. The van der Waals surface area contributed by atoms with Gasteiger partial charge in [0.05, 0.1) is 6.42 Å². The highest BCUT2D eigenvalue weighted by Gasteiger charge is 2.23. The Morgan fingerprint density at radius 2 is 2.21 bits per heavy atom. The highest BCUT2D eigenvalue weighted by atomic mass is 16.2. The number of carbonyl (C=O) groups is 1. The van der Waals surface area contributed by atoms with Crippen molar-refractivity contribution in [3.8, 4) is 0 Å². The van der Waals surface area contributed by atoms with Crippen LogP contribution in [-0.4, -0.2) is 37.5 Å². The SMILES string of the molecule is CNCC1CCCN(C(=O)Cc2ccccc2C)C1. The number of piperidine rings is 1. The number of hydrogen-bond acceptors (Lipinski definition) is 2. The highest BCUT2D eigenvalue weighted by Crippen LogP contribution is 2.17. The number of benzene rings is 1. The molecule has 1 atom stereocenters. The van der Waals surface area contributed by atoms with Gasteiger partial charge in [0, 0.05) is 13.1 Å². The van der Waals surface area contributed by atoms with Crippen molar-refractivity contribution in [2.45, 2.75) is 26.2 Å². The van der Waals surface area contributed by atoms with E-state index in [0.717, 1.165) is 31.6 Å². The minimum atomic E-state index is 0.273. The third kappa shape index (κ3) is 3.80. The first-order chi connectivity index (χ1) is 9.20. The van der Waals surface area contributed by atoms with Gasteiger partial charge in [0.25, 0.3) is 0 Å². The van der Waals surface area contributed by atoms with Crippen molar-refractivity contribution >= 4 is 5.91 Å². The fourth-order valence-electron chi connectivity index (χ4n) is 2.83. The lowest BCUT2D eigenvalue weighted by atomic mass is 9.97. The molecule has 1 saturated heterocycles. The van der Waals surface area contributed by atoms with Crippen molar-refractivity contribution in [1.82, 2.24) is 10.2 Å². The second-order valence-corrected chi connectivity index (χ2v) is 5.51. The summed E-state index contributed by atoms with van der Waals surface area (Å²) in [5.74, 6) is 0.884. The number of aryl methyl sites for hydroxylation is 1. The van der Waals surface area contributed by atoms with E-state index in [0.29, 0.717) is 12.3 Å². The largest absolute Gasteiger partial charge is 0.342 e. The van der Waals surface area contributed by atoms with Crippen LogP contribution in [0.15, 0.2) is 24.3 Å². The Morgan fingerprint density at radius 1 is 1.42 bits per heavy atom. The first-order valence-corrected chi connectivity index (χ1v) is 7.17. The normalized spacial score (nSPS) is 19.5. The van der Waals surface area contributed by atoms with Crippen molar-refractivity contribution in [2.75, 3.05) is 26.7 Å². The zero-order valence-electron chi connectivity index (χ0n) is 12.0. The molecule has 2 rings (SSSR count). The molecule has 1 fully saturated rings. The number of rotatable bonds is 4. The van der Waals surface area contributed by atoms with Gasteiger partial charge < -0.3 is 10.2 Å². The second-order valence-electron chi connectivity index (χ2n) is 5.51. The van der Waals surface area contributed by atoms with E-state index in [2.05, 4.69) is 24.4 Å². The zero-order valence-corrected chi connectivity index (χ0v) is 12.0. The molecular formula is C16H24N2O. The van der Waals surface area contributed by atoms with Crippen LogP contribution in [0.1, 0.15) is 24.0 Å². The standard InChI is InChI=1S/C16H24N2O/c1-13-6-3-4-8-15(13)10-16(19)18-9-5-7-14(12-18)11-17-2/h3-4,6,8,14,17H,5,7,9-12H2,1-2H3. The summed E-state index contributed by atoms with van der Waals surface area (Å²) in [4.78, 5) is 14.4. The monoisotopic (exact) mass is 260 g/mol. The van der Waals surface area contributed by atoms with E-state index < -0.39 is 0 Å². The summed E-state index contributed by atoms with van der Waals surface area (Å²) in [7, 11) is 1.98. The van der Waals surface area contributed by atoms with Crippen molar-refractivity contribution < 1.29 is 4.79 Å². The third-order valence-corrected chi connectivity index (χ3v) is 3.97. The summed E-state index contributed by atoms with van der Waals surface area (Å²) in [5, 5.41) is 3.22. The average Bonchev–Trinajstić information content (AvgIpc) is 2.42. The molecule has 1 aliphatic heterocycles. The topological polar surface area (TPSA) is 32.3 Å². The predicted octanol–water partition coefficient (Wildman–Crippen LogP) is 2.00. The zero-order chi connectivity index (χ0) is 13.7. The molecule has 0 aliphatic carbocycles.